The minimum absolute atomic E-state index is 0.0912. The Morgan fingerprint density at radius 3 is 2.71 bits per heavy atom. The van der Waals surface area contributed by atoms with E-state index in [1.165, 1.54) is 23.1 Å². The minimum atomic E-state index is -1.06. The molecule has 2 amide bonds. The first-order valence-electron chi connectivity index (χ1n) is 10.6. The smallest absolute Gasteiger partial charge is 0.423 e. The molecule has 2 aromatic rings. The lowest BCUT2D eigenvalue weighted by atomic mass is 10.1. The van der Waals surface area contributed by atoms with Gasteiger partial charge in [-0.25, -0.2) is 14.2 Å². The van der Waals surface area contributed by atoms with Gasteiger partial charge < -0.3 is 19.5 Å². The van der Waals surface area contributed by atoms with Crippen LogP contribution in [-0.4, -0.2) is 57.9 Å². The van der Waals surface area contributed by atoms with Crippen LogP contribution in [0.3, 0.4) is 0 Å². The third kappa shape index (κ3) is 5.48. The average molecular weight is 471 g/mol. The number of nitrogens with zero attached hydrogens (tertiary/aromatic N) is 3. The molecule has 11 heteroatoms. The highest BCUT2D eigenvalue weighted by atomic mass is 19.1. The normalized spacial score (nSPS) is 15.2. The van der Waals surface area contributed by atoms with E-state index in [2.05, 4.69) is 4.98 Å². The molecule has 0 saturated carbocycles. The molecule has 0 aliphatic carbocycles. The molecule has 0 unspecified atom stereocenters. The largest absolute Gasteiger partial charge is 0.505 e. The van der Waals surface area contributed by atoms with E-state index in [9.17, 15) is 19.1 Å². The molecule has 3 N–H and O–H groups in total. The number of halogens is 1. The van der Waals surface area contributed by atoms with Gasteiger partial charge in [-0.15, -0.1) is 0 Å². The van der Waals surface area contributed by atoms with Crippen molar-refractivity contribution in [3.8, 4) is 11.5 Å². The molecular formula is C23H26FN5O5. The van der Waals surface area contributed by atoms with Crippen LogP contribution >= 0.6 is 0 Å². The maximum atomic E-state index is 14.1. The van der Waals surface area contributed by atoms with E-state index in [0.717, 1.165) is 18.5 Å². The molecule has 0 radical (unpaired) electrons. The van der Waals surface area contributed by atoms with Crippen LogP contribution in [0.5, 0.6) is 11.5 Å². The van der Waals surface area contributed by atoms with Gasteiger partial charge in [-0.3, -0.25) is 15.6 Å². The summed E-state index contributed by atoms with van der Waals surface area (Å²) < 4.78 is 25.1. The van der Waals surface area contributed by atoms with E-state index in [1.807, 2.05) is 0 Å². The summed E-state index contributed by atoms with van der Waals surface area (Å²) in [7, 11) is 0. The Labute approximate surface area is 195 Å². The van der Waals surface area contributed by atoms with Gasteiger partial charge in [0.25, 0.3) is 5.91 Å². The maximum Gasteiger partial charge on any atom is 0.423 e. The summed E-state index contributed by atoms with van der Waals surface area (Å²) in [6.07, 6.45) is 0.940. The molecule has 180 valence electrons. The van der Waals surface area contributed by atoms with Gasteiger partial charge in [0.15, 0.2) is 17.4 Å². The average Bonchev–Trinajstić information content (AvgIpc) is 2.76. The van der Waals surface area contributed by atoms with E-state index in [4.69, 9.17) is 20.3 Å². The number of carbonyl (C=O) groups excluding carboxylic acids is 2. The summed E-state index contributed by atoms with van der Waals surface area (Å²) in [4.78, 5) is 33.0. The number of phenolic OH excluding ortho intramolecular Hbond substituents is 1. The van der Waals surface area contributed by atoms with Crippen LogP contribution in [0.25, 0.3) is 0 Å². The Morgan fingerprint density at radius 1 is 1.29 bits per heavy atom. The van der Waals surface area contributed by atoms with Crippen LogP contribution in [0.2, 0.25) is 0 Å². The molecule has 0 spiro atoms. The number of fused-ring (bicyclic) bond motifs is 3. The minimum Gasteiger partial charge on any atom is -0.505 e. The molecule has 0 fully saturated rings. The van der Waals surface area contributed by atoms with Crippen molar-refractivity contribution in [2.45, 2.75) is 39.2 Å². The Morgan fingerprint density at radius 2 is 2.03 bits per heavy atom. The number of ether oxygens (including phenoxy) is 2. The summed E-state index contributed by atoms with van der Waals surface area (Å²) in [6.45, 7) is 5.29. The van der Waals surface area contributed by atoms with Crippen molar-refractivity contribution in [1.29, 1.82) is 10.8 Å². The number of aromatic hydroxyl groups is 1. The number of rotatable bonds is 1. The Hall–Kier alpha value is -4.02. The summed E-state index contributed by atoms with van der Waals surface area (Å²) in [5.74, 6) is -3.13. The van der Waals surface area contributed by atoms with Gasteiger partial charge >= 0.3 is 6.09 Å². The van der Waals surface area contributed by atoms with Crippen molar-refractivity contribution in [3.05, 3.63) is 47.4 Å². The first-order valence-corrected chi connectivity index (χ1v) is 10.6. The number of hydrogen-bond acceptors (Lipinski definition) is 8. The predicted molar refractivity (Wildman–Crippen MR) is 122 cm³/mol. The second kappa shape index (κ2) is 9.86. The molecule has 1 aliphatic heterocycles. The Balaban J connectivity index is 2.20. The summed E-state index contributed by atoms with van der Waals surface area (Å²) >= 11 is 0. The lowest BCUT2D eigenvalue weighted by molar-refractivity contribution is 0.0562. The topological polar surface area (TPSA) is 140 Å². The van der Waals surface area contributed by atoms with E-state index < -0.39 is 29.2 Å². The van der Waals surface area contributed by atoms with Crippen molar-refractivity contribution < 1.29 is 28.6 Å². The van der Waals surface area contributed by atoms with E-state index >= 15 is 0 Å². The lowest BCUT2D eigenvalue weighted by Gasteiger charge is -2.27. The zero-order valence-electron chi connectivity index (χ0n) is 19.1. The zero-order chi connectivity index (χ0) is 25.0. The predicted octanol–water partition coefficient (Wildman–Crippen LogP) is 3.92. The molecule has 2 heterocycles. The highest BCUT2D eigenvalue weighted by Gasteiger charge is 2.33. The number of hydrogen-bond donors (Lipinski definition) is 3. The van der Waals surface area contributed by atoms with Gasteiger partial charge in [0.05, 0.1) is 18.5 Å². The van der Waals surface area contributed by atoms with Gasteiger partial charge in [-0.2, -0.15) is 4.90 Å². The monoisotopic (exact) mass is 471 g/mol. The molecule has 34 heavy (non-hydrogen) atoms. The van der Waals surface area contributed by atoms with E-state index in [1.54, 1.807) is 20.8 Å². The molecule has 2 bridgehead atoms. The molecule has 10 nitrogen and oxygen atoms in total. The van der Waals surface area contributed by atoms with Crippen LogP contribution in [0.1, 0.15) is 49.7 Å². The number of aromatic nitrogens is 1. The van der Waals surface area contributed by atoms with Crippen LogP contribution in [0.15, 0.2) is 30.3 Å². The zero-order valence-corrected chi connectivity index (χ0v) is 19.1. The number of imide groups is 1. The second-order valence-corrected chi connectivity index (χ2v) is 8.53. The highest BCUT2D eigenvalue weighted by molar-refractivity contribution is 6.20. The number of carbonyl (C=O) groups is 2. The van der Waals surface area contributed by atoms with Gasteiger partial charge in [0.2, 0.25) is 0 Å². The lowest BCUT2D eigenvalue weighted by Crippen LogP contribution is -2.42. The van der Waals surface area contributed by atoms with Gasteiger partial charge in [0, 0.05) is 12.6 Å². The fraction of sp³-hybridized carbons (Fsp3) is 0.348. The van der Waals surface area contributed by atoms with Crippen molar-refractivity contribution >= 4 is 30.0 Å². The summed E-state index contributed by atoms with van der Waals surface area (Å²) in [5, 5.41) is 26.0. The number of anilines is 1. The van der Waals surface area contributed by atoms with Crippen molar-refractivity contribution in [1.82, 2.24) is 9.88 Å². The quantitative estimate of drug-likeness (QED) is 0.423. The highest BCUT2D eigenvalue weighted by Crippen LogP contribution is 2.30. The molecule has 1 aromatic carbocycles. The third-order valence-electron chi connectivity index (χ3n) is 4.76. The molecule has 0 saturated heterocycles. The first-order chi connectivity index (χ1) is 16.0. The SMILES string of the molecule is CC(C)(C)OC(=O)N1C(=O)c2cc(O)c(F)cc2OCCCCN(C=N)C(=N)c2cccc1n2. The number of amides is 2. The van der Waals surface area contributed by atoms with Crippen LogP contribution < -0.4 is 9.64 Å². The van der Waals surface area contributed by atoms with Crippen LogP contribution in [0.4, 0.5) is 15.0 Å². The van der Waals surface area contributed by atoms with Crippen molar-refractivity contribution in [2.24, 2.45) is 0 Å². The Bertz CT molecular complexity index is 1130. The standard InChI is InChI=1S/C23H26FN5O5/c1-23(2,3)34-22(32)29-19-8-6-7-16(27-19)20(26)28(13-25)9-4-5-10-33-18-12-15(24)17(30)11-14(18)21(29)31/h6-8,11-13,25-26,30H,4-5,9-10H2,1-3H3. The van der Waals surface area contributed by atoms with Crippen LogP contribution in [-0.2, 0) is 4.74 Å². The van der Waals surface area contributed by atoms with Crippen LogP contribution in [0, 0.1) is 16.6 Å². The Kier molecular flexibility index (Phi) is 7.14. The fourth-order valence-electron chi connectivity index (χ4n) is 3.17. The van der Waals surface area contributed by atoms with Crippen molar-refractivity contribution in [2.75, 3.05) is 18.1 Å². The maximum absolute atomic E-state index is 14.1. The van der Waals surface area contributed by atoms with Gasteiger partial charge in [0.1, 0.15) is 22.9 Å². The third-order valence-corrected chi connectivity index (χ3v) is 4.76. The number of phenols is 1. The van der Waals surface area contributed by atoms with E-state index in [0.29, 0.717) is 24.3 Å². The number of pyridine rings is 1. The van der Waals surface area contributed by atoms with E-state index in [-0.39, 0.29) is 35.3 Å². The van der Waals surface area contributed by atoms with Crippen molar-refractivity contribution in [3.63, 3.8) is 0 Å². The number of benzene rings is 1. The molecule has 1 aromatic heterocycles. The molecule has 0 atom stereocenters. The van der Waals surface area contributed by atoms with Gasteiger partial charge in [-0.1, -0.05) is 6.07 Å². The fourth-order valence-corrected chi connectivity index (χ4v) is 3.17. The number of amidine groups is 1. The van der Waals surface area contributed by atoms with Gasteiger partial charge in [-0.05, 0) is 51.8 Å². The molecule has 3 rings (SSSR count). The molecule has 1 aliphatic rings. The second-order valence-electron chi connectivity index (χ2n) is 8.53. The molecular weight excluding hydrogens is 445 g/mol. The summed E-state index contributed by atoms with van der Waals surface area (Å²) in [6, 6.07) is 6.17. The number of nitrogens with one attached hydrogen (secondary N) is 2. The first kappa shape index (κ1) is 24.6. The summed E-state index contributed by atoms with van der Waals surface area (Å²) in [5.41, 5.74) is -1.09.